The van der Waals surface area contributed by atoms with Gasteiger partial charge in [0.05, 0.1) is 12.1 Å². The Morgan fingerprint density at radius 2 is 1.00 bits per heavy atom. The highest BCUT2D eigenvalue weighted by molar-refractivity contribution is 5.85. The molecule has 3 nitrogen and oxygen atoms in total. The lowest BCUT2D eigenvalue weighted by molar-refractivity contribution is -0.120. The number of Topliss-reactive ketones (excluding diaryl/α,β-unsaturated/α-hetero) is 1. The lowest BCUT2D eigenvalue weighted by Crippen LogP contribution is -2.09. The van der Waals surface area contributed by atoms with Gasteiger partial charge in [0, 0.05) is 6.42 Å². The van der Waals surface area contributed by atoms with E-state index in [0.717, 1.165) is 19.3 Å². The van der Waals surface area contributed by atoms with Crippen molar-refractivity contribution in [1.29, 1.82) is 10.5 Å². The van der Waals surface area contributed by atoms with Gasteiger partial charge in [0.2, 0.25) is 0 Å². The van der Waals surface area contributed by atoms with Crippen molar-refractivity contribution >= 4 is 5.78 Å². The van der Waals surface area contributed by atoms with Crippen LogP contribution in [0.2, 0.25) is 0 Å². The summed E-state index contributed by atoms with van der Waals surface area (Å²) < 4.78 is 0. The van der Waals surface area contributed by atoms with E-state index in [-0.39, 0.29) is 5.78 Å². The molecule has 0 saturated heterocycles. The van der Waals surface area contributed by atoms with Gasteiger partial charge in [0.25, 0.3) is 0 Å². The van der Waals surface area contributed by atoms with E-state index in [9.17, 15) is 4.79 Å². The van der Waals surface area contributed by atoms with Crippen molar-refractivity contribution < 1.29 is 4.79 Å². The van der Waals surface area contributed by atoms with Gasteiger partial charge in [-0.2, -0.15) is 10.5 Å². The number of carbonyl (C=O) groups is 1. The molecule has 0 aliphatic heterocycles. The summed E-state index contributed by atoms with van der Waals surface area (Å²) in [5, 5.41) is 17.3. The minimum atomic E-state index is -1.06. The number of carbonyl (C=O) groups excluding carboxylic acids is 1. The van der Waals surface area contributed by atoms with Crippen LogP contribution < -0.4 is 0 Å². The highest BCUT2D eigenvalue weighted by Crippen LogP contribution is 2.14. The predicted molar refractivity (Wildman–Crippen MR) is 99.3 cm³/mol. The Labute approximate surface area is 149 Å². The zero-order valence-electron chi connectivity index (χ0n) is 15.7. The first-order valence-corrected chi connectivity index (χ1v) is 10.1. The average Bonchev–Trinajstić information content (AvgIpc) is 2.59. The number of rotatable bonds is 17. The van der Waals surface area contributed by atoms with E-state index in [1.54, 1.807) is 12.1 Å². The van der Waals surface area contributed by atoms with E-state index in [1.165, 1.54) is 77.0 Å². The minimum Gasteiger partial charge on any atom is -0.297 e. The Balaban J connectivity index is 3.20. The second kappa shape index (κ2) is 18.0. The first kappa shape index (κ1) is 22.6. The zero-order valence-corrected chi connectivity index (χ0v) is 15.7. The van der Waals surface area contributed by atoms with Crippen molar-refractivity contribution in [3.63, 3.8) is 0 Å². The number of hydrogen-bond donors (Lipinski definition) is 0. The molecule has 0 aromatic carbocycles. The fourth-order valence-electron chi connectivity index (χ4n) is 2.99. The molecule has 0 aromatic heterocycles. The molecule has 0 N–H and O–H groups in total. The maximum Gasteiger partial charge on any atom is 0.191 e. The van der Waals surface area contributed by atoms with E-state index < -0.39 is 5.92 Å². The van der Waals surface area contributed by atoms with Gasteiger partial charge in [-0.05, 0) is 6.42 Å². The summed E-state index contributed by atoms with van der Waals surface area (Å²) in [6.45, 7) is 2.26. The lowest BCUT2D eigenvalue weighted by Gasteiger charge is -2.03. The summed E-state index contributed by atoms with van der Waals surface area (Å²) in [6, 6.07) is 3.49. The van der Waals surface area contributed by atoms with Gasteiger partial charge >= 0.3 is 0 Å². The zero-order chi connectivity index (χ0) is 17.9. The second-order valence-electron chi connectivity index (χ2n) is 6.86. The van der Waals surface area contributed by atoms with E-state index >= 15 is 0 Å². The summed E-state index contributed by atoms with van der Waals surface area (Å²) in [4.78, 5) is 11.5. The third kappa shape index (κ3) is 14.3. The van der Waals surface area contributed by atoms with Gasteiger partial charge in [-0.3, -0.25) is 4.79 Å². The first-order chi connectivity index (χ1) is 11.8. The molecule has 0 aliphatic carbocycles. The van der Waals surface area contributed by atoms with Crippen LogP contribution in [0.25, 0.3) is 0 Å². The first-order valence-electron chi connectivity index (χ1n) is 10.1. The van der Waals surface area contributed by atoms with Crippen LogP contribution in [0.4, 0.5) is 0 Å². The van der Waals surface area contributed by atoms with E-state index in [0.29, 0.717) is 6.42 Å². The van der Waals surface area contributed by atoms with Crippen LogP contribution in [-0.4, -0.2) is 5.78 Å². The number of nitriles is 2. The number of unbranched alkanes of at least 4 members (excludes halogenated alkanes) is 14. The Bertz CT molecular complexity index is 364. The van der Waals surface area contributed by atoms with Crippen molar-refractivity contribution in [2.75, 3.05) is 0 Å². The fourth-order valence-corrected chi connectivity index (χ4v) is 2.99. The SMILES string of the molecule is CCCCCCCCCCCCCCCCCC(=O)C(C#N)C#N. The van der Waals surface area contributed by atoms with Crippen LogP contribution in [0.1, 0.15) is 110 Å². The number of ketones is 1. The molecule has 0 aliphatic rings. The van der Waals surface area contributed by atoms with Crippen molar-refractivity contribution in [2.24, 2.45) is 5.92 Å². The maximum atomic E-state index is 11.5. The molecule has 0 atom stereocenters. The molecular formula is C21H36N2O. The molecule has 0 fully saturated rings. The lowest BCUT2D eigenvalue weighted by atomic mass is 10.0. The predicted octanol–water partition coefficient (Wildman–Crippen LogP) is 6.48. The van der Waals surface area contributed by atoms with Crippen molar-refractivity contribution in [3.8, 4) is 12.1 Å². The molecule has 136 valence electrons. The highest BCUT2D eigenvalue weighted by Gasteiger charge is 2.15. The van der Waals surface area contributed by atoms with Gasteiger partial charge in [-0.25, -0.2) is 0 Å². The Hall–Kier alpha value is -1.35. The third-order valence-electron chi connectivity index (χ3n) is 4.61. The number of hydrogen-bond acceptors (Lipinski definition) is 3. The smallest absolute Gasteiger partial charge is 0.191 e. The van der Waals surface area contributed by atoms with Crippen LogP contribution in [0.5, 0.6) is 0 Å². The van der Waals surface area contributed by atoms with E-state index in [2.05, 4.69) is 6.92 Å². The molecule has 0 bridgehead atoms. The normalized spacial score (nSPS) is 10.5. The van der Waals surface area contributed by atoms with E-state index in [1.807, 2.05) is 0 Å². The van der Waals surface area contributed by atoms with Crippen LogP contribution in [0.15, 0.2) is 0 Å². The Kier molecular flexibility index (Phi) is 17.0. The molecule has 0 rings (SSSR count). The van der Waals surface area contributed by atoms with Crippen LogP contribution in [-0.2, 0) is 4.79 Å². The van der Waals surface area contributed by atoms with Crippen LogP contribution >= 0.6 is 0 Å². The van der Waals surface area contributed by atoms with Gasteiger partial charge in [0.1, 0.15) is 0 Å². The average molecular weight is 333 g/mol. The van der Waals surface area contributed by atoms with E-state index in [4.69, 9.17) is 10.5 Å². The molecule has 0 spiro atoms. The van der Waals surface area contributed by atoms with Gasteiger partial charge in [-0.15, -0.1) is 0 Å². The highest BCUT2D eigenvalue weighted by atomic mass is 16.1. The minimum absolute atomic E-state index is 0.213. The summed E-state index contributed by atoms with van der Waals surface area (Å²) in [5.74, 6) is -1.27. The number of nitrogens with zero attached hydrogens (tertiary/aromatic N) is 2. The molecule has 0 radical (unpaired) electrons. The topological polar surface area (TPSA) is 64.7 Å². The van der Waals surface area contributed by atoms with Gasteiger partial charge in [-0.1, -0.05) is 96.8 Å². The molecule has 3 heteroatoms. The van der Waals surface area contributed by atoms with Crippen molar-refractivity contribution in [1.82, 2.24) is 0 Å². The van der Waals surface area contributed by atoms with Crippen LogP contribution in [0, 0.1) is 28.6 Å². The summed E-state index contributed by atoms with van der Waals surface area (Å²) in [5.41, 5.74) is 0. The largest absolute Gasteiger partial charge is 0.297 e. The molecule has 0 unspecified atom stereocenters. The Morgan fingerprint density at radius 3 is 1.33 bits per heavy atom. The summed E-state index contributed by atoms with van der Waals surface area (Å²) >= 11 is 0. The molecule has 0 saturated carbocycles. The molecule has 0 aromatic rings. The van der Waals surface area contributed by atoms with Gasteiger partial charge < -0.3 is 0 Å². The van der Waals surface area contributed by atoms with Crippen LogP contribution in [0.3, 0.4) is 0 Å². The van der Waals surface area contributed by atoms with Crippen molar-refractivity contribution in [3.05, 3.63) is 0 Å². The summed E-state index contributed by atoms with van der Waals surface area (Å²) in [7, 11) is 0. The third-order valence-corrected chi connectivity index (χ3v) is 4.61. The quantitative estimate of drug-likeness (QED) is 0.286. The van der Waals surface area contributed by atoms with Crippen molar-refractivity contribution in [2.45, 2.75) is 110 Å². The Morgan fingerprint density at radius 1 is 0.667 bits per heavy atom. The standard InChI is InChI=1S/C21H36N2O/c1-2-3-4-5-6-7-8-9-10-11-12-13-14-15-16-17-21(24)20(18-22)19-23/h20H,2-17H2,1H3. The molecule has 24 heavy (non-hydrogen) atoms. The summed E-state index contributed by atoms with van der Waals surface area (Å²) in [6.07, 6.45) is 19.8. The second-order valence-corrected chi connectivity index (χ2v) is 6.86. The maximum absolute atomic E-state index is 11.5. The van der Waals surface area contributed by atoms with Gasteiger partial charge in [0.15, 0.2) is 11.7 Å². The molecular weight excluding hydrogens is 296 g/mol. The molecule has 0 heterocycles. The monoisotopic (exact) mass is 332 g/mol. The fraction of sp³-hybridized carbons (Fsp3) is 0.857. The molecule has 0 amide bonds.